The number of aromatic amines is 2. The van der Waals surface area contributed by atoms with Crippen LogP contribution in [-0.4, -0.2) is 56.1 Å². The van der Waals surface area contributed by atoms with Gasteiger partial charge in [-0.3, -0.25) is 19.2 Å². The molecule has 0 radical (unpaired) electrons. The van der Waals surface area contributed by atoms with Crippen molar-refractivity contribution in [2.75, 3.05) is 27.9 Å². The van der Waals surface area contributed by atoms with Gasteiger partial charge in [0, 0.05) is 123 Å². The first-order chi connectivity index (χ1) is 42.6. The summed E-state index contributed by atoms with van der Waals surface area (Å²) in [6.07, 6.45) is 7.74. The van der Waals surface area contributed by atoms with Crippen LogP contribution >= 0.6 is 0 Å². The molecule has 420 valence electrons. The van der Waals surface area contributed by atoms with E-state index in [0.717, 1.165) is 0 Å². The molecule has 87 heavy (non-hydrogen) atoms. The predicted octanol–water partition coefficient (Wildman–Crippen LogP) is 14.6. The SMILES string of the molecule is CCOC(=O)c1c2cccc1COc1cc3cc(c1)C(=O)Nc1ccccc1-c1c4nc(c5c6ccc([nH]6)c(c6nc(c(c7ccc1[nH]7)-c1ccccc1NC3=O)C=C6)-c1ccccc1NC(=O)c1cc(cc(c1)C(=O)Nc1ccccc1-5)OC2)C=C4. The Morgan fingerprint density at radius 3 is 1.03 bits per heavy atom. The molecular weight excluding hydrogens is 1090 g/mol. The van der Waals surface area contributed by atoms with Gasteiger partial charge in [-0.25, -0.2) is 14.8 Å². The zero-order valence-corrected chi connectivity index (χ0v) is 46.3. The van der Waals surface area contributed by atoms with Crippen LogP contribution in [0.1, 0.15) is 92.6 Å². The van der Waals surface area contributed by atoms with Crippen molar-refractivity contribution in [1.82, 2.24) is 19.9 Å². The van der Waals surface area contributed by atoms with E-state index >= 15 is 19.2 Å². The third-order valence-electron chi connectivity index (χ3n) is 15.9. The minimum atomic E-state index is -0.653. The molecule has 0 spiro atoms. The maximum Gasteiger partial charge on any atom is 0.338 e. The summed E-state index contributed by atoms with van der Waals surface area (Å²) < 4.78 is 18.7. The van der Waals surface area contributed by atoms with Gasteiger partial charge in [0.05, 0.1) is 34.9 Å². The van der Waals surface area contributed by atoms with E-state index in [9.17, 15) is 4.79 Å². The van der Waals surface area contributed by atoms with Crippen LogP contribution in [-0.2, 0) is 18.0 Å². The van der Waals surface area contributed by atoms with Gasteiger partial charge in [0.2, 0.25) is 0 Å². The Hall–Kier alpha value is -11.9. The number of carbonyl (C=O) groups excluding carboxylic acids is 5. The molecule has 7 aromatic carbocycles. The van der Waals surface area contributed by atoms with Crippen molar-refractivity contribution in [3.05, 3.63) is 238 Å². The highest BCUT2D eigenvalue weighted by Crippen LogP contribution is 2.44. The Labute approximate surface area is 496 Å². The minimum absolute atomic E-state index is 0.0560. The van der Waals surface area contributed by atoms with Crippen LogP contribution in [0.3, 0.4) is 0 Å². The molecule has 20 bridgehead atoms. The molecule has 0 saturated heterocycles. The predicted molar refractivity (Wildman–Crippen MR) is 336 cm³/mol. The monoisotopic (exact) mass is 1140 g/mol. The molecular formula is C71H48N8O8. The van der Waals surface area contributed by atoms with Gasteiger partial charge in [-0.2, -0.15) is 0 Å². The van der Waals surface area contributed by atoms with Crippen molar-refractivity contribution < 1.29 is 38.2 Å². The lowest BCUT2D eigenvalue weighted by Crippen LogP contribution is -2.18. The number of rotatable bonds is 2. The van der Waals surface area contributed by atoms with E-state index in [1.54, 1.807) is 49.4 Å². The number of aromatic nitrogens is 4. The average molecular weight is 1140 g/mol. The molecule has 6 N–H and O–H groups in total. The van der Waals surface area contributed by atoms with Crippen molar-refractivity contribution in [2.45, 2.75) is 20.1 Å². The molecule has 0 atom stereocenters. The normalized spacial score (nSPS) is 13.7. The van der Waals surface area contributed by atoms with Crippen LogP contribution in [0.2, 0.25) is 0 Å². The van der Waals surface area contributed by atoms with Crippen molar-refractivity contribution in [3.63, 3.8) is 0 Å². The number of ether oxygens (including phenoxy) is 3. The van der Waals surface area contributed by atoms with Crippen LogP contribution in [0, 0.1) is 0 Å². The quantitative estimate of drug-likeness (QED) is 0.0900. The zero-order chi connectivity index (χ0) is 58.9. The Kier molecular flexibility index (Phi) is 12.6. The lowest BCUT2D eigenvalue weighted by molar-refractivity contribution is 0.0519. The van der Waals surface area contributed by atoms with Crippen LogP contribution in [0.15, 0.2) is 176 Å². The fraction of sp³-hybridized carbons (Fsp3) is 0.0563. The number of benzene rings is 7. The summed E-state index contributed by atoms with van der Waals surface area (Å²) in [5.41, 5.74) is 12.7. The van der Waals surface area contributed by atoms with Gasteiger partial charge in [-0.1, -0.05) is 91.0 Å². The standard InChI is InChI=1S/C71H48N8O8/c1-2-85-71(84)62-38-12-11-13-39(62)37-87-45-34-42-31-43(35-45)70(83)79-53-21-10-6-17-49(53)66-57-25-24-56(73-57)65(48-16-5-9-20-52(48)78-69(42)82)59-27-26-58(74-59)63-46-14-3-7-18-50(46)76-67(80)40-30-41(33-44(32-40)86-36-38)68(81)77-51-19-8-4-15-47(51)64(55-23-22-54(63)72-55)60-28-29-61(66)75-60/h3-35,72-73H,2,36-37H2,1H3,(H,76,80)(H,77,81)(H,78,82)(H,79,83). The second-order valence-electron chi connectivity index (χ2n) is 21.2. The largest absolute Gasteiger partial charge is 0.489 e. The molecule has 4 amide bonds. The van der Waals surface area contributed by atoms with Crippen molar-refractivity contribution in [3.8, 4) is 56.0 Å². The topological polar surface area (TPSA) is 219 Å². The highest BCUT2D eigenvalue weighted by molar-refractivity contribution is 6.15. The van der Waals surface area contributed by atoms with Crippen molar-refractivity contribution in [2.24, 2.45) is 0 Å². The average Bonchev–Trinajstić information content (AvgIpc) is 2.56. The number of hydrogen-bond donors (Lipinski definition) is 6. The molecule has 6 aliphatic heterocycles. The summed E-state index contributed by atoms with van der Waals surface area (Å²) in [6.45, 7) is 1.32. The van der Waals surface area contributed by atoms with Gasteiger partial charge in [0.25, 0.3) is 23.6 Å². The number of hydrogen-bond acceptors (Lipinski definition) is 10. The first-order valence-electron chi connectivity index (χ1n) is 28.2. The number of nitrogens with zero attached hydrogens (tertiary/aromatic N) is 2. The lowest BCUT2D eigenvalue weighted by atomic mass is 10.0. The molecule has 3 aromatic heterocycles. The van der Waals surface area contributed by atoms with E-state index in [1.807, 2.05) is 146 Å². The molecule has 16 nitrogen and oxygen atoms in total. The lowest BCUT2D eigenvalue weighted by Gasteiger charge is -2.18. The number of para-hydroxylation sites is 4. The van der Waals surface area contributed by atoms with Crippen LogP contribution in [0.4, 0.5) is 22.7 Å². The van der Waals surface area contributed by atoms with Gasteiger partial charge in [0.15, 0.2) is 0 Å². The van der Waals surface area contributed by atoms with Crippen LogP contribution in [0.5, 0.6) is 11.5 Å². The fourth-order valence-electron chi connectivity index (χ4n) is 11.9. The van der Waals surface area contributed by atoms with Gasteiger partial charge in [0.1, 0.15) is 24.7 Å². The van der Waals surface area contributed by atoms with E-state index in [0.29, 0.717) is 123 Å². The highest BCUT2D eigenvalue weighted by atomic mass is 16.5. The summed E-state index contributed by atoms with van der Waals surface area (Å²) in [5, 5.41) is 12.7. The number of carbonyl (C=O) groups is 5. The van der Waals surface area contributed by atoms with Gasteiger partial charge >= 0.3 is 5.97 Å². The summed E-state index contributed by atoms with van der Waals surface area (Å²) in [4.78, 5) is 93.0. The fourth-order valence-corrected chi connectivity index (χ4v) is 11.9. The summed E-state index contributed by atoms with van der Waals surface area (Å²) in [5.74, 6) is -2.55. The first-order valence-corrected chi connectivity index (χ1v) is 28.2. The minimum Gasteiger partial charge on any atom is -0.489 e. The zero-order valence-electron chi connectivity index (χ0n) is 46.3. The van der Waals surface area contributed by atoms with E-state index in [4.69, 9.17) is 24.2 Å². The number of nitrogens with one attached hydrogen (secondary N) is 6. The molecule has 16 heteroatoms. The Morgan fingerprint density at radius 1 is 0.414 bits per heavy atom. The van der Waals surface area contributed by atoms with Gasteiger partial charge in [-0.05, 0) is 116 Å². The molecule has 0 fully saturated rings. The number of H-pyrrole nitrogens is 2. The molecule has 9 heterocycles. The van der Waals surface area contributed by atoms with E-state index in [-0.39, 0.29) is 59.1 Å². The van der Waals surface area contributed by atoms with Gasteiger partial charge < -0.3 is 45.4 Å². The number of amides is 4. The van der Waals surface area contributed by atoms with E-state index in [1.165, 1.54) is 12.1 Å². The molecule has 6 aliphatic rings. The second-order valence-corrected chi connectivity index (χ2v) is 21.2. The Morgan fingerprint density at radius 2 is 0.724 bits per heavy atom. The first kappa shape index (κ1) is 51.9. The summed E-state index contributed by atoms with van der Waals surface area (Å²) >= 11 is 0. The summed E-state index contributed by atoms with van der Waals surface area (Å²) in [7, 11) is 0. The smallest absolute Gasteiger partial charge is 0.338 e. The molecule has 0 unspecified atom stereocenters. The summed E-state index contributed by atoms with van der Waals surface area (Å²) in [6, 6.07) is 52.0. The second kappa shape index (κ2) is 21.1. The Balaban J connectivity index is 1.12. The maximum atomic E-state index is 15.1. The molecule has 16 rings (SSSR count). The number of anilines is 4. The molecule has 0 aliphatic carbocycles. The van der Waals surface area contributed by atoms with Crippen molar-refractivity contribution >= 4 is 98.7 Å². The third-order valence-corrected chi connectivity index (χ3v) is 15.9. The number of esters is 1. The molecule has 10 aromatic rings. The van der Waals surface area contributed by atoms with Gasteiger partial charge in [-0.15, -0.1) is 0 Å². The Bertz CT molecular complexity index is 4370. The molecule has 0 saturated carbocycles. The van der Waals surface area contributed by atoms with E-state index < -0.39 is 29.6 Å². The van der Waals surface area contributed by atoms with E-state index in [2.05, 4.69) is 31.2 Å². The third kappa shape index (κ3) is 9.34. The van der Waals surface area contributed by atoms with Crippen LogP contribution in [0.25, 0.3) is 90.9 Å². The van der Waals surface area contributed by atoms with Crippen molar-refractivity contribution in [1.29, 1.82) is 0 Å². The maximum absolute atomic E-state index is 15.1. The van der Waals surface area contributed by atoms with Crippen LogP contribution < -0.4 is 30.7 Å². The number of fused-ring (bicyclic) bond motifs is 6. The highest BCUT2D eigenvalue weighted by Gasteiger charge is 2.27.